The Bertz CT molecular complexity index is 991. The van der Waals surface area contributed by atoms with Crippen molar-refractivity contribution < 1.29 is 9.90 Å². The number of benzene rings is 3. The molecule has 4 heteroatoms. The van der Waals surface area contributed by atoms with E-state index in [1.165, 1.54) is 0 Å². The third-order valence-corrected chi connectivity index (χ3v) is 5.04. The highest BCUT2D eigenvalue weighted by Crippen LogP contribution is 2.41. The van der Waals surface area contributed by atoms with E-state index < -0.39 is 11.5 Å². The number of carboxylic acid groups (broad SMARTS) is 1. The Morgan fingerprint density at radius 3 is 1.50 bits per heavy atom. The van der Waals surface area contributed by atoms with Crippen molar-refractivity contribution in [3.8, 4) is 0 Å². The van der Waals surface area contributed by atoms with Gasteiger partial charge in [0.25, 0.3) is 0 Å². The zero-order valence-electron chi connectivity index (χ0n) is 15.5. The molecule has 0 aliphatic rings. The summed E-state index contributed by atoms with van der Waals surface area (Å²) in [7, 11) is 0. The van der Waals surface area contributed by atoms with Crippen LogP contribution < -0.4 is 0 Å². The molecule has 1 N–H and O–H groups in total. The lowest BCUT2D eigenvalue weighted by Crippen LogP contribution is -2.38. The molecule has 4 nitrogen and oxygen atoms in total. The Labute approximate surface area is 163 Å². The van der Waals surface area contributed by atoms with Crippen molar-refractivity contribution in [3.05, 3.63) is 125 Å². The van der Waals surface area contributed by atoms with E-state index in [-0.39, 0.29) is 5.69 Å². The number of aromatic carboxylic acids is 1. The molecule has 4 aromatic rings. The zero-order chi connectivity index (χ0) is 19.6. The molecule has 0 saturated heterocycles. The van der Waals surface area contributed by atoms with Crippen molar-refractivity contribution in [1.29, 1.82) is 0 Å². The highest BCUT2D eigenvalue weighted by atomic mass is 16.4. The monoisotopic (exact) mass is 368 g/mol. The highest BCUT2D eigenvalue weighted by molar-refractivity contribution is 5.85. The number of hydrogen-bond donors (Lipinski definition) is 1. The summed E-state index contributed by atoms with van der Waals surface area (Å²) in [5, 5.41) is 9.52. The lowest BCUT2D eigenvalue weighted by molar-refractivity contribution is 0.0690. The largest absolute Gasteiger partial charge is 0.476 e. The summed E-state index contributed by atoms with van der Waals surface area (Å²) >= 11 is 0. The van der Waals surface area contributed by atoms with Gasteiger partial charge in [-0.1, -0.05) is 91.0 Å². The summed E-state index contributed by atoms with van der Waals surface area (Å²) in [4.78, 5) is 15.9. The Kier molecular flexibility index (Phi) is 4.53. The standard InChI is InChI=1S/C24H20N2O2/c1-18-25-22(23(27)28)17-26(18)24(19-11-5-2-6-12-19,20-13-7-3-8-14-20)21-15-9-4-10-16-21/h2-17H,1H3,(H,27,28). The maximum absolute atomic E-state index is 11.6. The van der Waals surface area contributed by atoms with Gasteiger partial charge >= 0.3 is 5.97 Å². The van der Waals surface area contributed by atoms with Crippen LogP contribution in [0.3, 0.4) is 0 Å². The van der Waals surface area contributed by atoms with Crippen molar-refractivity contribution in [3.63, 3.8) is 0 Å². The van der Waals surface area contributed by atoms with Gasteiger partial charge in [-0.15, -0.1) is 0 Å². The number of aromatic nitrogens is 2. The van der Waals surface area contributed by atoms with E-state index in [0.717, 1.165) is 16.7 Å². The van der Waals surface area contributed by atoms with E-state index in [1.807, 2.05) is 66.1 Å². The normalized spacial score (nSPS) is 11.3. The van der Waals surface area contributed by atoms with Crippen LogP contribution in [-0.4, -0.2) is 20.6 Å². The number of nitrogens with zero attached hydrogens (tertiary/aromatic N) is 2. The zero-order valence-corrected chi connectivity index (χ0v) is 15.5. The van der Waals surface area contributed by atoms with Gasteiger partial charge in [-0.2, -0.15) is 0 Å². The summed E-state index contributed by atoms with van der Waals surface area (Å²) in [6.45, 7) is 1.84. The van der Waals surface area contributed by atoms with Crippen LogP contribution in [0.25, 0.3) is 0 Å². The Hall–Kier alpha value is -3.66. The molecule has 0 aliphatic heterocycles. The lowest BCUT2D eigenvalue weighted by atomic mass is 9.76. The fourth-order valence-corrected chi connectivity index (χ4v) is 3.87. The number of carboxylic acids is 1. The van der Waals surface area contributed by atoms with E-state index in [1.54, 1.807) is 6.20 Å². The van der Waals surface area contributed by atoms with Gasteiger partial charge in [-0.3, -0.25) is 0 Å². The SMILES string of the molecule is Cc1nc(C(=O)O)cn1C(c1ccccc1)(c1ccccc1)c1ccccc1. The molecule has 0 spiro atoms. The highest BCUT2D eigenvalue weighted by Gasteiger charge is 2.39. The average Bonchev–Trinajstić information content (AvgIpc) is 3.14. The molecule has 1 heterocycles. The Morgan fingerprint density at radius 1 is 0.786 bits per heavy atom. The van der Waals surface area contributed by atoms with Gasteiger partial charge in [0, 0.05) is 6.20 Å². The minimum atomic E-state index is -1.04. The third kappa shape index (κ3) is 2.79. The maximum Gasteiger partial charge on any atom is 0.356 e. The molecule has 1 aromatic heterocycles. The molecule has 0 unspecified atom stereocenters. The molecule has 0 radical (unpaired) electrons. The van der Waals surface area contributed by atoms with E-state index >= 15 is 0 Å². The summed E-state index contributed by atoms with van der Waals surface area (Å²) in [6.07, 6.45) is 1.63. The van der Waals surface area contributed by atoms with Crippen molar-refractivity contribution in [2.24, 2.45) is 0 Å². The topological polar surface area (TPSA) is 55.1 Å². The number of hydrogen-bond acceptors (Lipinski definition) is 2. The third-order valence-electron chi connectivity index (χ3n) is 5.04. The van der Waals surface area contributed by atoms with Gasteiger partial charge in [0.05, 0.1) is 0 Å². The quantitative estimate of drug-likeness (QED) is 0.518. The maximum atomic E-state index is 11.6. The smallest absolute Gasteiger partial charge is 0.356 e. The molecule has 0 amide bonds. The average molecular weight is 368 g/mol. The van der Waals surface area contributed by atoms with Crippen molar-refractivity contribution in [1.82, 2.24) is 9.55 Å². The second kappa shape index (κ2) is 7.16. The second-order valence-electron chi connectivity index (χ2n) is 6.66. The van der Waals surface area contributed by atoms with Crippen molar-refractivity contribution in [2.75, 3.05) is 0 Å². The molecule has 0 fully saturated rings. The van der Waals surface area contributed by atoms with Crippen LogP contribution in [0.2, 0.25) is 0 Å². The predicted molar refractivity (Wildman–Crippen MR) is 109 cm³/mol. The lowest BCUT2D eigenvalue weighted by Gasteiger charge is -2.38. The molecule has 0 aliphatic carbocycles. The molecule has 138 valence electrons. The van der Waals surface area contributed by atoms with E-state index in [9.17, 15) is 9.90 Å². The van der Waals surface area contributed by atoms with Crippen LogP contribution in [-0.2, 0) is 5.54 Å². The summed E-state index contributed by atoms with van der Waals surface area (Å²) in [5.74, 6) is -0.404. The van der Waals surface area contributed by atoms with Gasteiger partial charge in [0.15, 0.2) is 5.69 Å². The number of imidazole rings is 1. The number of rotatable bonds is 5. The molecule has 0 bridgehead atoms. The molecular formula is C24H20N2O2. The molecule has 4 rings (SSSR count). The first-order valence-electron chi connectivity index (χ1n) is 9.10. The van der Waals surface area contributed by atoms with Crippen LogP contribution in [0.1, 0.15) is 33.0 Å². The van der Waals surface area contributed by atoms with E-state index in [2.05, 4.69) is 41.4 Å². The molecule has 3 aromatic carbocycles. The van der Waals surface area contributed by atoms with Gasteiger partial charge < -0.3 is 9.67 Å². The van der Waals surface area contributed by atoms with Gasteiger partial charge in [-0.05, 0) is 23.6 Å². The Balaban J connectivity index is 2.15. The van der Waals surface area contributed by atoms with E-state index in [0.29, 0.717) is 5.82 Å². The van der Waals surface area contributed by atoms with Crippen molar-refractivity contribution >= 4 is 5.97 Å². The van der Waals surface area contributed by atoms with Crippen LogP contribution in [0.15, 0.2) is 97.2 Å². The first kappa shape index (κ1) is 17.7. The van der Waals surface area contributed by atoms with E-state index in [4.69, 9.17) is 0 Å². The fraction of sp³-hybridized carbons (Fsp3) is 0.0833. The predicted octanol–water partition coefficient (Wildman–Crippen LogP) is 4.73. The molecule has 0 saturated carbocycles. The molecule has 28 heavy (non-hydrogen) atoms. The van der Waals surface area contributed by atoms with Gasteiger partial charge in [0.2, 0.25) is 0 Å². The van der Waals surface area contributed by atoms with Crippen molar-refractivity contribution in [2.45, 2.75) is 12.5 Å². The minimum Gasteiger partial charge on any atom is -0.476 e. The molecule has 0 atom stereocenters. The minimum absolute atomic E-state index is 0.0321. The summed E-state index contributed by atoms with van der Waals surface area (Å²) < 4.78 is 1.97. The van der Waals surface area contributed by atoms with Crippen LogP contribution in [0.4, 0.5) is 0 Å². The second-order valence-corrected chi connectivity index (χ2v) is 6.66. The number of carbonyl (C=O) groups is 1. The fourth-order valence-electron chi connectivity index (χ4n) is 3.87. The van der Waals surface area contributed by atoms with Crippen LogP contribution in [0, 0.1) is 6.92 Å². The molecular weight excluding hydrogens is 348 g/mol. The van der Waals surface area contributed by atoms with Gasteiger partial charge in [0.1, 0.15) is 11.4 Å². The first-order chi connectivity index (χ1) is 13.6. The van der Waals surface area contributed by atoms with Gasteiger partial charge in [-0.25, -0.2) is 9.78 Å². The summed E-state index contributed by atoms with van der Waals surface area (Å²) in [5.41, 5.74) is 2.39. The van der Waals surface area contributed by atoms with Crippen LogP contribution in [0.5, 0.6) is 0 Å². The first-order valence-corrected chi connectivity index (χ1v) is 9.10. The van der Waals surface area contributed by atoms with Crippen LogP contribution >= 0.6 is 0 Å². The number of aryl methyl sites for hydroxylation is 1. The summed E-state index contributed by atoms with van der Waals surface area (Å²) in [6, 6.07) is 30.4. The Morgan fingerprint density at radius 2 is 1.18 bits per heavy atom.